The molecule has 0 aliphatic carbocycles. The number of nitrogens with one attached hydrogen (secondary N) is 1. The van der Waals surface area contributed by atoms with Crippen LogP contribution in [0.2, 0.25) is 0 Å². The molecule has 0 aliphatic rings. The van der Waals surface area contributed by atoms with Gasteiger partial charge in [0.05, 0.1) is 0 Å². The first-order valence-corrected chi connectivity index (χ1v) is 4.80. The van der Waals surface area contributed by atoms with Gasteiger partial charge in [0, 0.05) is 18.2 Å². The zero-order valence-electron chi connectivity index (χ0n) is 8.88. The first-order chi connectivity index (χ1) is 6.99. The minimum atomic E-state index is -0.352. The number of carbonyl (C=O) groups excluding carboxylic acids is 1. The summed E-state index contributed by atoms with van der Waals surface area (Å²) in [6.45, 7) is 3.66. The van der Waals surface area contributed by atoms with E-state index < -0.39 is 0 Å². The summed E-state index contributed by atoms with van der Waals surface area (Å²) in [5.41, 5.74) is 6.71. The van der Waals surface area contributed by atoms with Crippen molar-refractivity contribution in [2.75, 3.05) is 5.32 Å². The van der Waals surface area contributed by atoms with Crippen molar-refractivity contribution in [3.63, 3.8) is 0 Å². The van der Waals surface area contributed by atoms with Gasteiger partial charge in [-0.3, -0.25) is 4.79 Å². The summed E-state index contributed by atoms with van der Waals surface area (Å²) in [5, 5.41) is 3.10. The van der Waals surface area contributed by atoms with Gasteiger partial charge in [-0.25, -0.2) is 4.39 Å². The summed E-state index contributed by atoms with van der Waals surface area (Å²) in [7, 11) is 0. The standard InChI is InChI=1S/C11H15FN2O/c1-7-5-9(12)3-4-10(7)14-8(2)6-11(13)15/h3-5,8,14H,6H2,1-2H3,(H2,13,15). The number of hydrogen-bond donors (Lipinski definition) is 2. The van der Waals surface area contributed by atoms with Gasteiger partial charge < -0.3 is 11.1 Å². The molecule has 0 saturated heterocycles. The largest absolute Gasteiger partial charge is 0.382 e. The molecule has 0 radical (unpaired) electrons. The fourth-order valence-corrected chi connectivity index (χ4v) is 1.41. The van der Waals surface area contributed by atoms with Crippen molar-refractivity contribution < 1.29 is 9.18 Å². The molecule has 1 aromatic rings. The number of benzene rings is 1. The molecule has 0 bridgehead atoms. The summed E-state index contributed by atoms with van der Waals surface area (Å²) >= 11 is 0. The number of primary amides is 1. The third-order valence-corrected chi connectivity index (χ3v) is 2.10. The summed E-state index contributed by atoms with van der Waals surface area (Å²) in [6, 6.07) is 4.43. The molecule has 0 heterocycles. The monoisotopic (exact) mass is 210 g/mol. The molecule has 0 aromatic heterocycles. The summed E-state index contributed by atoms with van der Waals surface area (Å²) < 4.78 is 12.8. The lowest BCUT2D eigenvalue weighted by atomic mass is 10.1. The third kappa shape index (κ3) is 3.58. The molecule has 4 heteroatoms. The van der Waals surface area contributed by atoms with Crippen LogP contribution in [0.1, 0.15) is 18.9 Å². The van der Waals surface area contributed by atoms with Crippen LogP contribution in [0.25, 0.3) is 0 Å². The highest BCUT2D eigenvalue weighted by Gasteiger charge is 2.07. The normalized spacial score (nSPS) is 12.2. The van der Waals surface area contributed by atoms with Crippen LogP contribution in [0.15, 0.2) is 18.2 Å². The van der Waals surface area contributed by atoms with Gasteiger partial charge in [-0.2, -0.15) is 0 Å². The molecule has 0 spiro atoms. The maximum atomic E-state index is 12.8. The fourth-order valence-electron chi connectivity index (χ4n) is 1.41. The summed E-state index contributed by atoms with van der Waals surface area (Å²) in [6.07, 6.45) is 0.261. The quantitative estimate of drug-likeness (QED) is 0.796. The topological polar surface area (TPSA) is 55.1 Å². The van der Waals surface area contributed by atoms with Crippen LogP contribution in [0.3, 0.4) is 0 Å². The molecule has 1 atom stereocenters. The number of amides is 1. The van der Waals surface area contributed by atoms with Crippen molar-refractivity contribution in [3.05, 3.63) is 29.6 Å². The number of halogens is 1. The third-order valence-electron chi connectivity index (χ3n) is 2.10. The van der Waals surface area contributed by atoms with E-state index in [0.29, 0.717) is 0 Å². The average molecular weight is 210 g/mol. The van der Waals surface area contributed by atoms with E-state index in [1.807, 2.05) is 13.8 Å². The summed E-state index contributed by atoms with van der Waals surface area (Å²) in [5.74, 6) is -0.615. The fraction of sp³-hybridized carbons (Fsp3) is 0.364. The molecule has 1 rings (SSSR count). The van der Waals surface area contributed by atoms with Gasteiger partial charge in [0.15, 0.2) is 0 Å². The number of aryl methyl sites for hydroxylation is 1. The molecule has 0 saturated carbocycles. The van der Waals surface area contributed by atoms with E-state index in [0.717, 1.165) is 11.3 Å². The Morgan fingerprint density at radius 3 is 2.80 bits per heavy atom. The van der Waals surface area contributed by atoms with Crippen LogP contribution in [0.4, 0.5) is 10.1 Å². The van der Waals surface area contributed by atoms with E-state index in [1.165, 1.54) is 12.1 Å². The highest BCUT2D eigenvalue weighted by molar-refractivity contribution is 5.75. The Labute approximate surface area is 88.5 Å². The van der Waals surface area contributed by atoms with E-state index in [-0.39, 0.29) is 24.2 Å². The number of rotatable bonds is 4. The minimum absolute atomic E-state index is 0.0494. The van der Waals surface area contributed by atoms with Gasteiger partial charge in [0.25, 0.3) is 0 Å². The molecule has 1 aromatic carbocycles. The van der Waals surface area contributed by atoms with Crippen molar-refractivity contribution in [2.24, 2.45) is 5.73 Å². The smallest absolute Gasteiger partial charge is 0.219 e. The van der Waals surface area contributed by atoms with Gasteiger partial charge in [-0.05, 0) is 37.6 Å². The van der Waals surface area contributed by atoms with E-state index in [4.69, 9.17) is 5.73 Å². The molecule has 1 unspecified atom stereocenters. The Morgan fingerprint density at radius 2 is 2.27 bits per heavy atom. The minimum Gasteiger partial charge on any atom is -0.382 e. The second-order valence-corrected chi connectivity index (χ2v) is 3.68. The van der Waals surface area contributed by atoms with Gasteiger partial charge >= 0.3 is 0 Å². The molecule has 82 valence electrons. The van der Waals surface area contributed by atoms with Crippen molar-refractivity contribution in [1.29, 1.82) is 0 Å². The molecule has 0 aliphatic heterocycles. The molecule has 0 fully saturated rings. The van der Waals surface area contributed by atoms with Crippen LogP contribution in [0, 0.1) is 12.7 Å². The van der Waals surface area contributed by atoms with Gasteiger partial charge in [0.1, 0.15) is 5.82 Å². The highest BCUT2D eigenvalue weighted by Crippen LogP contribution is 2.17. The second-order valence-electron chi connectivity index (χ2n) is 3.68. The average Bonchev–Trinajstić information content (AvgIpc) is 2.08. The lowest BCUT2D eigenvalue weighted by Gasteiger charge is -2.15. The summed E-state index contributed by atoms with van der Waals surface area (Å²) in [4.78, 5) is 10.7. The van der Waals surface area contributed by atoms with Crippen molar-refractivity contribution >= 4 is 11.6 Å². The lowest BCUT2D eigenvalue weighted by Crippen LogP contribution is -2.24. The zero-order chi connectivity index (χ0) is 11.4. The van der Waals surface area contributed by atoms with Crippen molar-refractivity contribution in [2.45, 2.75) is 26.3 Å². The van der Waals surface area contributed by atoms with Crippen molar-refractivity contribution in [1.82, 2.24) is 0 Å². The van der Waals surface area contributed by atoms with E-state index in [2.05, 4.69) is 5.32 Å². The number of hydrogen-bond acceptors (Lipinski definition) is 2. The number of nitrogens with two attached hydrogens (primary N) is 1. The first-order valence-electron chi connectivity index (χ1n) is 4.80. The van der Waals surface area contributed by atoms with Crippen molar-refractivity contribution in [3.8, 4) is 0 Å². The molecular formula is C11H15FN2O. The van der Waals surface area contributed by atoms with E-state index in [1.54, 1.807) is 6.07 Å². The maximum Gasteiger partial charge on any atom is 0.219 e. The van der Waals surface area contributed by atoms with Crippen LogP contribution >= 0.6 is 0 Å². The molecule has 1 amide bonds. The number of carbonyl (C=O) groups is 1. The lowest BCUT2D eigenvalue weighted by molar-refractivity contribution is -0.118. The predicted molar refractivity (Wildman–Crippen MR) is 58.0 cm³/mol. The van der Waals surface area contributed by atoms with Crippen LogP contribution in [-0.2, 0) is 4.79 Å². The van der Waals surface area contributed by atoms with Crippen LogP contribution in [-0.4, -0.2) is 11.9 Å². The van der Waals surface area contributed by atoms with Crippen LogP contribution in [0.5, 0.6) is 0 Å². The van der Waals surface area contributed by atoms with Crippen LogP contribution < -0.4 is 11.1 Å². The molecular weight excluding hydrogens is 195 g/mol. The molecule has 15 heavy (non-hydrogen) atoms. The van der Waals surface area contributed by atoms with Gasteiger partial charge in [0.2, 0.25) is 5.91 Å². The highest BCUT2D eigenvalue weighted by atomic mass is 19.1. The predicted octanol–water partition coefficient (Wildman–Crippen LogP) is 1.81. The SMILES string of the molecule is Cc1cc(F)ccc1NC(C)CC(N)=O. The van der Waals surface area contributed by atoms with E-state index in [9.17, 15) is 9.18 Å². The Morgan fingerprint density at radius 1 is 1.60 bits per heavy atom. The second kappa shape index (κ2) is 4.77. The molecule has 3 N–H and O–H groups in total. The van der Waals surface area contributed by atoms with Gasteiger partial charge in [-0.15, -0.1) is 0 Å². The van der Waals surface area contributed by atoms with Gasteiger partial charge in [-0.1, -0.05) is 0 Å². The zero-order valence-corrected chi connectivity index (χ0v) is 8.88. The Kier molecular flexibility index (Phi) is 3.66. The first kappa shape index (κ1) is 11.5. The number of anilines is 1. The van der Waals surface area contributed by atoms with E-state index >= 15 is 0 Å². The molecule has 3 nitrogen and oxygen atoms in total. The maximum absolute atomic E-state index is 12.8. The Bertz CT molecular complexity index is 366. The Hall–Kier alpha value is -1.58. The Balaban J connectivity index is 2.68.